The zero-order valence-corrected chi connectivity index (χ0v) is 14.0. The number of benzene rings is 1. The van der Waals surface area contributed by atoms with Crippen molar-refractivity contribution in [1.82, 2.24) is 4.90 Å². The fourth-order valence-corrected chi connectivity index (χ4v) is 2.18. The largest absolute Gasteiger partial charge is 0.338 e. The topological polar surface area (TPSA) is 61.2 Å². The van der Waals surface area contributed by atoms with Gasteiger partial charge in [0.1, 0.15) is 0 Å². The third-order valence-electron chi connectivity index (χ3n) is 3.41. The summed E-state index contributed by atoms with van der Waals surface area (Å²) in [5.41, 5.74) is 1.12. The van der Waals surface area contributed by atoms with Crippen molar-refractivity contribution in [1.29, 1.82) is 5.26 Å². The van der Waals surface area contributed by atoms with E-state index in [1.807, 2.05) is 39.8 Å². The maximum Gasteiger partial charge on any atom is 0.228 e. The van der Waals surface area contributed by atoms with Gasteiger partial charge in [0.25, 0.3) is 0 Å². The van der Waals surface area contributed by atoms with Crippen molar-refractivity contribution in [3.05, 3.63) is 35.4 Å². The van der Waals surface area contributed by atoms with Gasteiger partial charge in [-0.25, -0.2) is 0 Å². The van der Waals surface area contributed by atoms with E-state index in [1.165, 1.54) is 4.90 Å². The smallest absolute Gasteiger partial charge is 0.228 e. The molecule has 0 heterocycles. The predicted molar refractivity (Wildman–Crippen MR) is 86.3 cm³/mol. The molecule has 0 aliphatic carbocycles. The minimum atomic E-state index is -0.494. The molecular weight excluding hydrogens is 276 g/mol. The molecule has 0 aliphatic heterocycles. The average molecular weight is 300 g/mol. The first-order valence-corrected chi connectivity index (χ1v) is 7.42. The zero-order chi connectivity index (χ0) is 16.9. The number of ketones is 1. The fourth-order valence-electron chi connectivity index (χ4n) is 2.18. The molecule has 1 atom stereocenters. The van der Waals surface area contributed by atoms with E-state index in [0.29, 0.717) is 12.0 Å². The van der Waals surface area contributed by atoms with Crippen LogP contribution in [0.15, 0.2) is 24.3 Å². The summed E-state index contributed by atoms with van der Waals surface area (Å²) in [4.78, 5) is 25.8. The van der Waals surface area contributed by atoms with Crippen molar-refractivity contribution in [2.24, 2.45) is 11.3 Å². The summed E-state index contributed by atoms with van der Waals surface area (Å²) in [6.07, 6.45) is 0.674. The van der Waals surface area contributed by atoms with Crippen LogP contribution in [0.4, 0.5) is 0 Å². The van der Waals surface area contributed by atoms with Crippen molar-refractivity contribution in [2.45, 2.75) is 34.1 Å². The number of Topliss-reactive ketones (excluding diaryl/α,β-unsaturated/α-hetero) is 1. The highest BCUT2D eigenvalue weighted by atomic mass is 16.2. The molecule has 0 aliphatic rings. The molecule has 0 N–H and O–H groups in total. The van der Waals surface area contributed by atoms with Crippen molar-refractivity contribution < 1.29 is 9.59 Å². The highest BCUT2D eigenvalue weighted by Crippen LogP contribution is 2.17. The molecule has 1 rings (SSSR count). The van der Waals surface area contributed by atoms with Gasteiger partial charge in [-0.15, -0.1) is 0 Å². The number of hydrogen-bond acceptors (Lipinski definition) is 3. The Labute approximate surface area is 132 Å². The number of nitriles is 1. The minimum Gasteiger partial charge on any atom is -0.338 e. The molecule has 0 aromatic heterocycles. The Morgan fingerprint density at radius 1 is 1.23 bits per heavy atom. The van der Waals surface area contributed by atoms with Crippen molar-refractivity contribution in [3.8, 4) is 6.07 Å². The molecule has 0 bridgehead atoms. The molecular formula is C18H24N2O2. The van der Waals surface area contributed by atoms with Gasteiger partial charge in [0.05, 0.1) is 12.6 Å². The lowest BCUT2D eigenvalue weighted by atomic mass is 9.94. The summed E-state index contributed by atoms with van der Waals surface area (Å²) in [6.45, 7) is 7.45. The lowest BCUT2D eigenvalue weighted by Gasteiger charge is -2.25. The minimum absolute atomic E-state index is 0.0444. The molecule has 1 aromatic rings. The van der Waals surface area contributed by atoms with Gasteiger partial charge < -0.3 is 4.90 Å². The maximum atomic E-state index is 12.2. The van der Waals surface area contributed by atoms with Crippen LogP contribution in [0, 0.1) is 22.7 Å². The number of likely N-dealkylation sites (N-methyl/N-ethyl adjacent to an activating group) is 1. The van der Waals surface area contributed by atoms with Gasteiger partial charge in [0, 0.05) is 23.9 Å². The first-order valence-electron chi connectivity index (χ1n) is 7.42. The van der Waals surface area contributed by atoms with E-state index in [-0.39, 0.29) is 24.2 Å². The Hall–Kier alpha value is -2.15. The van der Waals surface area contributed by atoms with Crippen molar-refractivity contribution >= 4 is 11.7 Å². The van der Waals surface area contributed by atoms with E-state index in [2.05, 4.69) is 6.07 Å². The summed E-state index contributed by atoms with van der Waals surface area (Å²) >= 11 is 0. The molecule has 1 aromatic carbocycles. The third-order valence-corrected chi connectivity index (χ3v) is 3.41. The van der Waals surface area contributed by atoms with Crippen LogP contribution < -0.4 is 0 Å². The van der Waals surface area contributed by atoms with Crippen LogP contribution in [0.5, 0.6) is 0 Å². The molecule has 1 amide bonds. The molecule has 0 saturated carbocycles. The normalized spacial score (nSPS) is 12.4. The molecule has 22 heavy (non-hydrogen) atoms. The van der Waals surface area contributed by atoms with Crippen molar-refractivity contribution in [3.63, 3.8) is 0 Å². The maximum absolute atomic E-state index is 12.2. The Kier molecular flexibility index (Phi) is 5.87. The van der Waals surface area contributed by atoms with Crippen LogP contribution in [0.3, 0.4) is 0 Å². The summed E-state index contributed by atoms with van der Waals surface area (Å²) in [7, 11) is 1.65. The highest BCUT2D eigenvalue weighted by Gasteiger charge is 2.26. The van der Waals surface area contributed by atoms with Gasteiger partial charge in [-0.2, -0.15) is 5.26 Å². The lowest BCUT2D eigenvalue weighted by molar-refractivity contribution is -0.137. The van der Waals surface area contributed by atoms with E-state index in [1.54, 1.807) is 19.2 Å². The lowest BCUT2D eigenvalue weighted by Crippen LogP contribution is -2.39. The average Bonchev–Trinajstić information content (AvgIpc) is 2.45. The number of carbonyl (C=O) groups is 2. The monoisotopic (exact) mass is 300 g/mol. The Morgan fingerprint density at radius 2 is 1.77 bits per heavy atom. The van der Waals surface area contributed by atoms with Gasteiger partial charge >= 0.3 is 0 Å². The zero-order valence-electron chi connectivity index (χ0n) is 14.0. The van der Waals surface area contributed by atoms with Gasteiger partial charge in [0.2, 0.25) is 5.91 Å². The molecule has 118 valence electrons. The second-order valence-electron chi connectivity index (χ2n) is 6.77. The third kappa shape index (κ3) is 5.00. The van der Waals surface area contributed by atoms with E-state index in [0.717, 1.165) is 5.56 Å². The Morgan fingerprint density at radius 3 is 2.23 bits per heavy atom. The van der Waals surface area contributed by atoms with E-state index in [4.69, 9.17) is 5.26 Å². The molecule has 0 unspecified atom stereocenters. The first kappa shape index (κ1) is 17.9. The van der Waals surface area contributed by atoms with E-state index in [9.17, 15) is 9.59 Å². The van der Waals surface area contributed by atoms with Gasteiger partial charge in [-0.3, -0.25) is 9.59 Å². The van der Waals surface area contributed by atoms with Gasteiger partial charge in [-0.05, 0) is 18.9 Å². The van der Waals surface area contributed by atoms with Crippen LogP contribution in [0.25, 0.3) is 0 Å². The standard InChI is InChI=1S/C18H24N2O2/c1-13(11-19)10-14-6-8-15(9-7-14)16(21)12-20(5)17(22)18(2,3)4/h6-9,13H,10,12H2,1-5H3/t13-/m0/s1. The molecule has 0 radical (unpaired) electrons. The molecule has 0 spiro atoms. The fraction of sp³-hybridized carbons (Fsp3) is 0.500. The number of amides is 1. The van der Waals surface area contributed by atoms with E-state index < -0.39 is 5.41 Å². The van der Waals surface area contributed by atoms with Crippen molar-refractivity contribution in [2.75, 3.05) is 13.6 Å². The van der Waals surface area contributed by atoms with Crippen LogP contribution in [-0.2, 0) is 11.2 Å². The predicted octanol–water partition coefficient (Wildman–Crippen LogP) is 3.08. The highest BCUT2D eigenvalue weighted by molar-refractivity contribution is 5.99. The second-order valence-corrected chi connectivity index (χ2v) is 6.77. The first-order chi connectivity index (χ1) is 10.1. The molecule has 0 fully saturated rings. The number of hydrogen-bond donors (Lipinski definition) is 0. The summed E-state index contributed by atoms with van der Waals surface area (Å²) in [6, 6.07) is 9.45. The Bertz CT molecular complexity index is 577. The molecule has 4 heteroatoms. The molecule has 4 nitrogen and oxygen atoms in total. The Balaban J connectivity index is 2.71. The van der Waals surface area contributed by atoms with Crippen LogP contribution >= 0.6 is 0 Å². The second kappa shape index (κ2) is 7.22. The van der Waals surface area contributed by atoms with Crippen LogP contribution in [0.2, 0.25) is 0 Å². The summed E-state index contributed by atoms with van der Waals surface area (Å²) in [5.74, 6) is -0.183. The number of rotatable bonds is 5. The van der Waals surface area contributed by atoms with Crippen LogP contribution in [0.1, 0.15) is 43.6 Å². The summed E-state index contributed by atoms with van der Waals surface area (Å²) in [5, 5.41) is 8.81. The summed E-state index contributed by atoms with van der Waals surface area (Å²) < 4.78 is 0. The number of carbonyl (C=O) groups excluding carboxylic acids is 2. The molecule has 0 saturated heterocycles. The van der Waals surface area contributed by atoms with Gasteiger partial charge in [0.15, 0.2) is 5.78 Å². The SMILES string of the molecule is C[C@H](C#N)Cc1ccc(C(=O)CN(C)C(=O)C(C)(C)C)cc1. The van der Waals surface area contributed by atoms with E-state index >= 15 is 0 Å². The number of nitrogens with zero attached hydrogens (tertiary/aromatic N) is 2. The quantitative estimate of drug-likeness (QED) is 0.785. The van der Waals surface area contributed by atoms with Crippen LogP contribution in [-0.4, -0.2) is 30.2 Å². The van der Waals surface area contributed by atoms with Gasteiger partial charge in [-0.1, -0.05) is 45.0 Å².